The predicted octanol–water partition coefficient (Wildman–Crippen LogP) is 6.53. The van der Waals surface area contributed by atoms with Crippen LogP contribution in [-0.4, -0.2) is 19.0 Å². The molecule has 0 spiro atoms. The maximum Gasteiger partial charge on any atom is 0.270 e. The molecule has 1 amide bonds. The first kappa shape index (κ1) is 25.2. The fraction of sp³-hybridized carbons (Fsp3) is 0.296. The van der Waals surface area contributed by atoms with E-state index in [0.717, 1.165) is 43.2 Å². The molecular weight excluding hydrogens is 563 g/mol. The molecule has 3 aromatic rings. The molecule has 2 N–H and O–H groups in total. The second-order valence-corrected chi connectivity index (χ2v) is 10.5. The van der Waals surface area contributed by atoms with Crippen LogP contribution in [0.2, 0.25) is 0 Å². The largest absolute Gasteiger partial charge is 0.483 e. The van der Waals surface area contributed by atoms with Crippen molar-refractivity contribution in [1.29, 1.82) is 0 Å². The lowest BCUT2D eigenvalue weighted by Gasteiger charge is -2.38. The second kappa shape index (κ2) is 10.8. The maximum absolute atomic E-state index is 14.8. The summed E-state index contributed by atoms with van der Waals surface area (Å²) in [5, 5.41) is 0. The Kier molecular flexibility index (Phi) is 7.78. The van der Waals surface area contributed by atoms with Crippen LogP contribution >= 0.6 is 22.6 Å². The van der Waals surface area contributed by atoms with Crippen molar-refractivity contribution in [3.8, 4) is 5.75 Å². The Bertz CT molecular complexity index is 1180. The van der Waals surface area contributed by atoms with Gasteiger partial charge in [0.1, 0.15) is 6.61 Å². The molecule has 1 aliphatic heterocycles. The highest BCUT2D eigenvalue weighted by atomic mass is 127. The zero-order valence-corrected chi connectivity index (χ0v) is 21.9. The van der Waals surface area contributed by atoms with Crippen molar-refractivity contribution in [2.24, 2.45) is 5.41 Å². The average Bonchev–Trinajstić information content (AvgIpc) is 2.86. The summed E-state index contributed by atoms with van der Waals surface area (Å²) >= 11 is 1.69. The van der Waals surface area contributed by atoms with E-state index in [9.17, 15) is 13.6 Å². The first-order valence-corrected chi connectivity index (χ1v) is 12.6. The molecule has 35 heavy (non-hydrogen) atoms. The molecular formula is C27H28F2IN3O2. The van der Waals surface area contributed by atoms with Gasteiger partial charge in [-0.05, 0) is 76.7 Å². The minimum Gasteiger partial charge on any atom is -0.483 e. The number of nitrogens with one attached hydrogen (secondary N) is 2. The van der Waals surface area contributed by atoms with E-state index in [4.69, 9.17) is 4.74 Å². The molecule has 1 fully saturated rings. The number of benzene rings is 3. The Morgan fingerprint density at radius 2 is 1.71 bits per heavy atom. The molecule has 0 radical (unpaired) electrons. The van der Waals surface area contributed by atoms with Gasteiger partial charge in [-0.25, -0.2) is 8.78 Å². The highest BCUT2D eigenvalue weighted by molar-refractivity contribution is 14.1. The molecule has 0 atom stereocenters. The van der Waals surface area contributed by atoms with E-state index in [1.54, 1.807) is 34.7 Å². The molecule has 1 aliphatic rings. The van der Waals surface area contributed by atoms with E-state index in [-0.39, 0.29) is 15.7 Å². The topological polar surface area (TPSA) is 53.6 Å². The van der Waals surface area contributed by atoms with Gasteiger partial charge in [0.05, 0.1) is 14.8 Å². The first-order chi connectivity index (χ1) is 16.7. The smallest absolute Gasteiger partial charge is 0.270 e. The van der Waals surface area contributed by atoms with Crippen LogP contribution in [0.15, 0.2) is 60.7 Å². The van der Waals surface area contributed by atoms with Gasteiger partial charge in [-0.15, -0.1) is 0 Å². The quantitative estimate of drug-likeness (QED) is 0.186. The number of ether oxygens (including phenoxy) is 1. The molecule has 0 saturated carbocycles. The first-order valence-electron chi connectivity index (χ1n) is 11.5. The highest BCUT2D eigenvalue weighted by Gasteiger charge is 2.25. The van der Waals surface area contributed by atoms with Gasteiger partial charge in [-0.3, -0.25) is 15.6 Å². The summed E-state index contributed by atoms with van der Waals surface area (Å²) < 4.78 is 34.8. The fourth-order valence-electron chi connectivity index (χ4n) is 3.93. The summed E-state index contributed by atoms with van der Waals surface area (Å²) in [7, 11) is 0. The van der Waals surface area contributed by atoms with E-state index in [1.807, 2.05) is 42.5 Å². The van der Waals surface area contributed by atoms with E-state index >= 15 is 0 Å². The van der Waals surface area contributed by atoms with Crippen LogP contribution in [0.3, 0.4) is 0 Å². The Morgan fingerprint density at radius 1 is 1.06 bits per heavy atom. The molecule has 0 aliphatic carbocycles. The number of carbonyl (C=O) groups is 1. The van der Waals surface area contributed by atoms with Crippen molar-refractivity contribution < 1.29 is 18.3 Å². The van der Waals surface area contributed by atoms with Crippen LogP contribution in [-0.2, 0) is 6.61 Å². The zero-order chi connectivity index (χ0) is 25.0. The minimum absolute atomic E-state index is 0.0169. The summed E-state index contributed by atoms with van der Waals surface area (Å²) in [4.78, 5) is 15.0. The number of hydrogen-bond acceptors (Lipinski definition) is 4. The molecule has 4 rings (SSSR count). The minimum atomic E-state index is -0.932. The van der Waals surface area contributed by atoms with Crippen LogP contribution in [0.1, 0.15) is 42.6 Å². The van der Waals surface area contributed by atoms with Gasteiger partial charge < -0.3 is 9.64 Å². The number of halogens is 3. The van der Waals surface area contributed by atoms with Gasteiger partial charge in [0, 0.05) is 18.8 Å². The normalized spacial score (nSPS) is 14.9. The number of nitrogens with zero attached hydrogens (tertiary/aromatic N) is 1. The van der Waals surface area contributed by atoms with Crippen molar-refractivity contribution in [2.75, 3.05) is 23.4 Å². The summed E-state index contributed by atoms with van der Waals surface area (Å²) in [6.07, 6.45) is 2.29. The van der Waals surface area contributed by atoms with Crippen LogP contribution in [0.5, 0.6) is 5.75 Å². The number of hydrazine groups is 1. The summed E-state index contributed by atoms with van der Waals surface area (Å²) in [6.45, 7) is 6.63. The third-order valence-electron chi connectivity index (χ3n) is 6.26. The van der Waals surface area contributed by atoms with Gasteiger partial charge >= 0.3 is 0 Å². The zero-order valence-electron chi connectivity index (χ0n) is 19.7. The molecule has 0 bridgehead atoms. The molecule has 1 heterocycles. The monoisotopic (exact) mass is 591 g/mol. The lowest BCUT2D eigenvalue weighted by Crippen LogP contribution is -2.37. The van der Waals surface area contributed by atoms with Gasteiger partial charge in [0.2, 0.25) is 0 Å². The number of anilines is 2. The van der Waals surface area contributed by atoms with Crippen LogP contribution in [0, 0.1) is 20.6 Å². The Morgan fingerprint density at radius 3 is 2.37 bits per heavy atom. The van der Waals surface area contributed by atoms with Crippen molar-refractivity contribution >= 4 is 39.9 Å². The van der Waals surface area contributed by atoms with Crippen LogP contribution in [0.4, 0.5) is 20.2 Å². The second-order valence-electron chi connectivity index (χ2n) is 9.41. The van der Waals surface area contributed by atoms with E-state index in [0.29, 0.717) is 11.1 Å². The SMILES string of the molecule is CC1(C)CCN(c2ccc(NNC(=O)c3cc(F)c(OCc4ccccc4)c(F)c3I)cc2)CC1. The van der Waals surface area contributed by atoms with Crippen LogP contribution < -0.4 is 20.5 Å². The number of piperidine rings is 1. The van der Waals surface area contributed by atoms with Gasteiger partial charge in [0.25, 0.3) is 5.91 Å². The van der Waals surface area contributed by atoms with Crippen molar-refractivity contribution in [3.63, 3.8) is 0 Å². The molecule has 5 nitrogen and oxygen atoms in total. The summed E-state index contributed by atoms with van der Waals surface area (Å²) in [5.74, 6) is -2.98. The Balaban J connectivity index is 1.37. The van der Waals surface area contributed by atoms with E-state index in [1.165, 1.54) is 0 Å². The third-order valence-corrected chi connectivity index (χ3v) is 7.31. The molecule has 184 valence electrons. The highest BCUT2D eigenvalue weighted by Crippen LogP contribution is 2.33. The Hall–Kier alpha value is -2.88. The van der Waals surface area contributed by atoms with Crippen LogP contribution in [0.25, 0.3) is 0 Å². The standard InChI is InChI=1S/C27H28F2IN3O2/c1-27(2)12-14-33(15-13-27)20-10-8-19(9-11-20)31-32-26(34)21-16-22(28)25(23(29)24(21)30)35-17-18-6-4-3-5-7-18/h3-11,16,31H,12-15,17H2,1-2H3,(H,32,34). The third kappa shape index (κ3) is 6.22. The lowest BCUT2D eigenvalue weighted by atomic mass is 9.82. The van der Waals surface area contributed by atoms with Crippen molar-refractivity contribution in [2.45, 2.75) is 33.3 Å². The number of carbonyl (C=O) groups excluding carboxylic acids is 1. The van der Waals surface area contributed by atoms with E-state index in [2.05, 4.69) is 29.6 Å². The van der Waals surface area contributed by atoms with Crippen molar-refractivity contribution in [1.82, 2.24) is 5.43 Å². The number of hydrogen-bond donors (Lipinski definition) is 2. The fourth-order valence-corrected chi connectivity index (χ4v) is 4.57. The Labute approximate surface area is 218 Å². The van der Waals surface area contributed by atoms with Gasteiger partial charge in [-0.1, -0.05) is 44.2 Å². The summed E-state index contributed by atoms with van der Waals surface area (Å²) in [5.41, 5.74) is 8.17. The van der Waals surface area contributed by atoms with Gasteiger partial charge in [0.15, 0.2) is 17.4 Å². The maximum atomic E-state index is 14.8. The molecule has 8 heteroatoms. The molecule has 0 unspecified atom stereocenters. The predicted molar refractivity (Wildman–Crippen MR) is 143 cm³/mol. The van der Waals surface area contributed by atoms with E-state index < -0.39 is 23.3 Å². The van der Waals surface area contributed by atoms with Gasteiger partial charge in [-0.2, -0.15) is 0 Å². The molecule has 3 aromatic carbocycles. The number of amides is 1. The average molecular weight is 591 g/mol. The lowest BCUT2D eigenvalue weighted by molar-refractivity contribution is 0.0960. The molecule has 1 saturated heterocycles. The van der Waals surface area contributed by atoms with Crippen molar-refractivity contribution in [3.05, 3.63) is 87.0 Å². The molecule has 0 aromatic heterocycles. The summed E-state index contributed by atoms with van der Waals surface area (Å²) in [6, 6.07) is 17.8. The number of rotatable bonds is 7.